The van der Waals surface area contributed by atoms with E-state index in [1.165, 1.54) is 6.20 Å². The Bertz CT molecular complexity index is 445. The van der Waals surface area contributed by atoms with E-state index in [9.17, 15) is 14.4 Å². The van der Waals surface area contributed by atoms with Gasteiger partial charge in [-0.1, -0.05) is 0 Å². The standard InChI is InChI=1S/C10H14N4O5/c1-19-8(15)4-6(9(16)17)14-10(18)13-5-7-11-2-3-12-7/h2-3,6H,4-5H2,1H3,(H,11,12)(H,16,17)(H2,13,14,18)/t6-/m0/s1. The van der Waals surface area contributed by atoms with Gasteiger partial charge in [0, 0.05) is 12.4 Å². The number of aromatic nitrogens is 2. The Morgan fingerprint density at radius 2 is 2.26 bits per heavy atom. The predicted molar refractivity (Wildman–Crippen MR) is 62.0 cm³/mol. The van der Waals surface area contributed by atoms with Crippen LogP contribution in [-0.4, -0.2) is 46.2 Å². The zero-order valence-electron chi connectivity index (χ0n) is 10.2. The summed E-state index contributed by atoms with van der Waals surface area (Å²) in [6.45, 7) is 0.114. The summed E-state index contributed by atoms with van der Waals surface area (Å²) >= 11 is 0. The molecule has 2 amide bonds. The lowest BCUT2D eigenvalue weighted by molar-refractivity contribution is -0.147. The molecule has 0 spiro atoms. The normalized spacial score (nSPS) is 11.4. The average molecular weight is 270 g/mol. The number of aromatic amines is 1. The quantitative estimate of drug-likeness (QED) is 0.501. The highest BCUT2D eigenvalue weighted by molar-refractivity contribution is 5.86. The summed E-state index contributed by atoms with van der Waals surface area (Å²) in [4.78, 5) is 39.9. The maximum atomic E-state index is 11.4. The number of carboxylic acids is 1. The molecule has 0 radical (unpaired) electrons. The van der Waals surface area contributed by atoms with Crippen molar-refractivity contribution in [1.82, 2.24) is 20.6 Å². The second-order valence-corrected chi connectivity index (χ2v) is 3.53. The van der Waals surface area contributed by atoms with Crippen LogP contribution in [0.15, 0.2) is 12.4 Å². The highest BCUT2D eigenvalue weighted by atomic mass is 16.5. The first-order valence-electron chi connectivity index (χ1n) is 5.35. The second-order valence-electron chi connectivity index (χ2n) is 3.53. The zero-order chi connectivity index (χ0) is 14.3. The molecule has 0 saturated heterocycles. The summed E-state index contributed by atoms with van der Waals surface area (Å²) in [5.41, 5.74) is 0. The summed E-state index contributed by atoms with van der Waals surface area (Å²) in [6.07, 6.45) is 2.67. The van der Waals surface area contributed by atoms with Gasteiger partial charge in [0.1, 0.15) is 11.9 Å². The molecule has 0 saturated carbocycles. The molecule has 1 aromatic rings. The maximum absolute atomic E-state index is 11.4. The largest absolute Gasteiger partial charge is 0.480 e. The Labute approximate surface area is 108 Å². The van der Waals surface area contributed by atoms with Gasteiger partial charge in [-0.2, -0.15) is 0 Å². The summed E-state index contributed by atoms with van der Waals surface area (Å²) in [7, 11) is 1.14. The maximum Gasteiger partial charge on any atom is 0.326 e. The highest BCUT2D eigenvalue weighted by Crippen LogP contribution is 1.95. The van der Waals surface area contributed by atoms with Gasteiger partial charge >= 0.3 is 18.0 Å². The molecular formula is C10H14N4O5. The van der Waals surface area contributed by atoms with E-state index in [0.29, 0.717) is 5.82 Å². The van der Waals surface area contributed by atoms with Gasteiger partial charge in [0.05, 0.1) is 20.1 Å². The van der Waals surface area contributed by atoms with Gasteiger partial charge in [0.25, 0.3) is 0 Å². The molecule has 0 aliphatic carbocycles. The molecule has 1 atom stereocenters. The summed E-state index contributed by atoms with van der Waals surface area (Å²) in [6, 6.07) is -2.06. The van der Waals surface area contributed by atoms with Crippen molar-refractivity contribution < 1.29 is 24.2 Å². The van der Waals surface area contributed by atoms with Crippen LogP contribution < -0.4 is 10.6 Å². The fraction of sp³-hybridized carbons (Fsp3) is 0.400. The van der Waals surface area contributed by atoms with Gasteiger partial charge in [0.15, 0.2) is 0 Å². The van der Waals surface area contributed by atoms with Gasteiger partial charge in [-0.05, 0) is 0 Å². The zero-order valence-corrected chi connectivity index (χ0v) is 10.2. The third kappa shape index (κ3) is 5.06. The first kappa shape index (κ1) is 14.5. The van der Waals surface area contributed by atoms with Crippen LogP contribution in [0, 0.1) is 0 Å². The number of hydrogen-bond donors (Lipinski definition) is 4. The fourth-order valence-corrected chi connectivity index (χ4v) is 1.22. The van der Waals surface area contributed by atoms with E-state index >= 15 is 0 Å². The Morgan fingerprint density at radius 1 is 1.53 bits per heavy atom. The number of aliphatic carboxylic acids is 1. The van der Waals surface area contributed by atoms with Crippen LogP contribution in [0.3, 0.4) is 0 Å². The number of methoxy groups -OCH3 is 1. The van der Waals surface area contributed by atoms with E-state index in [1.54, 1.807) is 6.20 Å². The van der Waals surface area contributed by atoms with E-state index in [2.05, 4.69) is 25.3 Å². The molecule has 0 fully saturated rings. The number of carbonyl (C=O) groups is 3. The van der Waals surface area contributed by atoms with Crippen molar-refractivity contribution in [3.05, 3.63) is 18.2 Å². The number of imidazole rings is 1. The van der Waals surface area contributed by atoms with E-state index in [1.807, 2.05) is 0 Å². The molecule has 0 aliphatic heterocycles. The summed E-state index contributed by atoms with van der Waals surface area (Å²) in [5.74, 6) is -1.52. The Kier molecular flexibility index (Phi) is 5.33. The van der Waals surface area contributed by atoms with Crippen molar-refractivity contribution in [3.63, 3.8) is 0 Å². The molecule has 9 heteroatoms. The van der Waals surface area contributed by atoms with Crippen LogP contribution >= 0.6 is 0 Å². The van der Waals surface area contributed by atoms with Gasteiger partial charge in [0.2, 0.25) is 0 Å². The van der Waals surface area contributed by atoms with E-state index < -0.39 is 30.4 Å². The lowest BCUT2D eigenvalue weighted by Crippen LogP contribution is -2.46. The van der Waals surface area contributed by atoms with Crippen LogP contribution in [0.5, 0.6) is 0 Å². The minimum absolute atomic E-state index is 0.114. The Morgan fingerprint density at radius 3 is 2.79 bits per heavy atom. The SMILES string of the molecule is COC(=O)C[C@H](NC(=O)NCc1ncc[nH]1)C(=O)O. The summed E-state index contributed by atoms with van der Waals surface area (Å²) in [5, 5.41) is 13.4. The number of rotatable bonds is 6. The van der Waals surface area contributed by atoms with Crippen molar-refractivity contribution in [2.24, 2.45) is 0 Å². The molecular weight excluding hydrogens is 256 g/mol. The third-order valence-corrected chi connectivity index (χ3v) is 2.17. The molecule has 1 rings (SSSR count). The van der Waals surface area contributed by atoms with E-state index in [4.69, 9.17) is 5.11 Å². The molecule has 104 valence electrons. The van der Waals surface area contributed by atoms with Crippen LogP contribution in [-0.2, 0) is 20.9 Å². The Balaban J connectivity index is 2.42. The number of hydrogen-bond acceptors (Lipinski definition) is 5. The molecule has 4 N–H and O–H groups in total. The van der Waals surface area contributed by atoms with Crippen LogP contribution in [0.1, 0.15) is 12.2 Å². The van der Waals surface area contributed by atoms with Gasteiger partial charge < -0.3 is 25.5 Å². The highest BCUT2D eigenvalue weighted by Gasteiger charge is 2.23. The van der Waals surface area contributed by atoms with Crippen molar-refractivity contribution in [2.45, 2.75) is 19.0 Å². The Hall–Kier alpha value is -2.58. The number of ether oxygens (including phenoxy) is 1. The predicted octanol–water partition coefficient (Wildman–Crippen LogP) is -0.775. The molecule has 19 heavy (non-hydrogen) atoms. The fourth-order valence-electron chi connectivity index (χ4n) is 1.22. The molecule has 0 bridgehead atoms. The minimum Gasteiger partial charge on any atom is -0.480 e. The smallest absolute Gasteiger partial charge is 0.326 e. The average Bonchev–Trinajstić information content (AvgIpc) is 2.88. The van der Waals surface area contributed by atoms with E-state index in [0.717, 1.165) is 7.11 Å². The molecule has 1 heterocycles. The van der Waals surface area contributed by atoms with E-state index in [-0.39, 0.29) is 6.54 Å². The van der Waals surface area contributed by atoms with Gasteiger partial charge in [-0.15, -0.1) is 0 Å². The van der Waals surface area contributed by atoms with Crippen molar-refractivity contribution in [1.29, 1.82) is 0 Å². The lowest BCUT2D eigenvalue weighted by atomic mass is 10.2. The lowest BCUT2D eigenvalue weighted by Gasteiger charge is -2.13. The molecule has 0 aromatic carbocycles. The second kappa shape index (κ2) is 6.99. The van der Waals surface area contributed by atoms with Crippen LogP contribution in [0.4, 0.5) is 4.79 Å². The number of nitrogens with zero attached hydrogens (tertiary/aromatic N) is 1. The topological polar surface area (TPSA) is 133 Å². The monoisotopic (exact) mass is 270 g/mol. The van der Waals surface area contributed by atoms with Crippen molar-refractivity contribution in [3.8, 4) is 0 Å². The minimum atomic E-state index is -1.34. The van der Waals surface area contributed by atoms with Gasteiger partial charge in [-0.25, -0.2) is 14.6 Å². The number of H-pyrrole nitrogens is 1. The first-order chi connectivity index (χ1) is 9.02. The number of esters is 1. The number of carboxylic acid groups (broad SMARTS) is 1. The third-order valence-electron chi connectivity index (χ3n) is 2.17. The molecule has 1 aromatic heterocycles. The molecule has 0 unspecified atom stereocenters. The summed E-state index contributed by atoms with van der Waals surface area (Å²) < 4.78 is 4.34. The molecule has 0 aliphatic rings. The van der Waals surface area contributed by atoms with Gasteiger partial charge in [-0.3, -0.25) is 4.79 Å². The number of urea groups is 1. The van der Waals surface area contributed by atoms with Crippen molar-refractivity contribution in [2.75, 3.05) is 7.11 Å². The number of nitrogens with one attached hydrogen (secondary N) is 3. The van der Waals surface area contributed by atoms with Crippen LogP contribution in [0.2, 0.25) is 0 Å². The van der Waals surface area contributed by atoms with Crippen LogP contribution in [0.25, 0.3) is 0 Å². The number of carbonyl (C=O) groups excluding carboxylic acids is 2. The first-order valence-corrected chi connectivity index (χ1v) is 5.35. The number of amides is 2. The molecule has 9 nitrogen and oxygen atoms in total. The van der Waals surface area contributed by atoms with Crippen molar-refractivity contribution >= 4 is 18.0 Å².